The van der Waals surface area contributed by atoms with Crippen molar-refractivity contribution in [3.8, 4) is 0 Å². The zero-order chi connectivity index (χ0) is 48.3. The van der Waals surface area contributed by atoms with Gasteiger partial charge in [0.15, 0.2) is 6.10 Å². The van der Waals surface area contributed by atoms with Gasteiger partial charge in [0.05, 0.1) is 32.0 Å². The summed E-state index contributed by atoms with van der Waals surface area (Å²) in [4.78, 5) is 52.7. The molecule has 0 heterocycles. The van der Waals surface area contributed by atoms with Crippen LogP contribution in [0.3, 0.4) is 0 Å². The van der Waals surface area contributed by atoms with Gasteiger partial charge in [-0.05, 0) is 77.0 Å². The maximum atomic E-state index is 12.7. The molecule has 1 unspecified atom stereocenters. The van der Waals surface area contributed by atoms with E-state index < -0.39 is 78.4 Å². The van der Waals surface area contributed by atoms with Crippen molar-refractivity contribution >= 4 is 27.6 Å². The monoisotopic (exact) mass is 954 g/mol. The Morgan fingerprint density at radius 3 is 1.63 bits per heavy atom. The molecule has 0 aliphatic rings. The normalized spacial score (nSPS) is 16.0. The second-order valence-electron chi connectivity index (χ2n) is 14.6. The van der Waals surface area contributed by atoms with Crippen LogP contribution >= 0.6 is 15.6 Å². The van der Waals surface area contributed by atoms with Crippen LogP contribution in [0.2, 0.25) is 0 Å². The molecular formula is C48H76O15P2. The van der Waals surface area contributed by atoms with Gasteiger partial charge in [0.1, 0.15) is 12.7 Å². The van der Waals surface area contributed by atoms with Crippen molar-refractivity contribution in [2.75, 3.05) is 26.4 Å². The average molecular weight is 955 g/mol. The largest absolute Gasteiger partial charge is 0.472 e. The molecule has 368 valence electrons. The maximum Gasteiger partial charge on any atom is 0.472 e. The van der Waals surface area contributed by atoms with E-state index in [2.05, 4.69) is 83.7 Å². The highest BCUT2D eigenvalue weighted by Gasteiger charge is 2.28. The number of hydrogen-bond donors (Lipinski definition) is 6. The summed E-state index contributed by atoms with van der Waals surface area (Å²) in [5, 5.41) is 30.1. The Morgan fingerprint density at radius 1 is 0.538 bits per heavy atom. The molecule has 0 radical (unpaired) electrons. The van der Waals surface area contributed by atoms with Crippen molar-refractivity contribution in [2.45, 2.75) is 141 Å². The first kappa shape index (κ1) is 61.4. The van der Waals surface area contributed by atoms with Crippen molar-refractivity contribution in [1.82, 2.24) is 0 Å². The Balaban J connectivity index is 4.89. The minimum Gasteiger partial charge on any atom is -0.462 e. The van der Waals surface area contributed by atoms with E-state index in [1.54, 1.807) is 30.4 Å². The lowest BCUT2D eigenvalue weighted by molar-refractivity contribution is -0.161. The SMILES string of the molecule is CC/C=C\C/C=C\C/C=C\C/C=C\C/C=C\C/C=C\CCC(=O)OC[C@H](COP(=O)(O)OC[C@@H](O)COP(=O)(O)O)OC(=O)CCC[C@@H](O)\C=C/C=C/C=C/[C@@H](O)C/C=C\CCCCC. The second kappa shape index (κ2) is 41.8. The molecule has 0 saturated carbocycles. The molecular weight excluding hydrogens is 878 g/mol. The van der Waals surface area contributed by atoms with Crippen LogP contribution in [0.4, 0.5) is 0 Å². The number of carbonyl (C=O) groups excluding carboxylic acids is 2. The number of allylic oxidation sites excluding steroid dienone is 17. The molecule has 0 bridgehead atoms. The number of rotatable bonds is 40. The van der Waals surface area contributed by atoms with Crippen molar-refractivity contribution in [3.05, 3.63) is 122 Å². The van der Waals surface area contributed by atoms with Crippen LogP contribution in [0.15, 0.2) is 122 Å². The summed E-state index contributed by atoms with van der Waals surface area (Å²) in [6, 6.07) is 0. The fourth-order valence-corrected chi connectivity index (χ4v) is 6.25. The van der Waals surface area contributed by atoms with Gasteiger partial charge in [0, 0.05) is 12.8 Å². The lowest BCUT2D eigenvalue weighted by atomic mass is 10.1. The van der Waals surface area contributed by atoms with E-state index in [0.29, 0.717) is 19.3 Å². The molecule has 15 nitrogen and oxygen atoms in total. The third kappa shape index (κ3) is 45.4. The zero-order valence-corrected chi connectivity index (χ0v) is 40.0. The highest BCUT2D eigenvalue weighted by atomic mass is 31.2. The Kier molecular flexibility index (Phi) is 39.5. The van der Waals surface area contributed by atoms with E-state index in [-0.39, 0.29) is 25.7 Å². The van der Waals surface area contributed by atoms with E-state index >= 15 is 0 Å². The van der Waals surface area contributed by atoms with E-state index in [4.69, 9.17) is 23.8 Å². The van der Waals surface area contributed by atoms with Crippen LogP contribution in [-0.4, -0.2) is 92.8 Å². The summed E-state index contributed by atoms with van der Waals surface area (Å²) in [5.41, 5.74) is 0. The fraction of sp³-hybridized carbons (Fsp3) is 0.542. The number of aliphatic hydroxyl groups is 3. The molecule has 5 atom stereocenters. The number of carbonyl (C=O) groups is 2. The Morgan fingerprint density at radius 2 is 1.06 bits per heavy atom. The summed E-state index contributed by atoms with van der Waals surface area (Å²) in [5.74, 6) is -1.38. The first-order chi connectivity index (χ1) is 31.2. The van der Waals surface area contributed by atoms with Crippen LogP contribution in [0.5, 0.6) is 0 Å². The molecule has 0 fully saturated rings. The van der Waals surface area contributed by atoms with E-state index in [1.807, 2.05) is 24.3 Å². The molecule has 0 aromatic carbocycles. The molecule has 0 spiro atoms. The number of hydrogen-bond acceptors (Lipinski definition) is 12. The molecule has 17 heteroatoms. The number of aliphatic hydroxyl groups excluding tert-OH is 3. The third-order valence-electron chi connectivity index (χ3n) is 8.53. The number of esters is 2. The van der Waals surface area contributed by atoms with Crippen molar-refractivity contribution in [2.24, 2.45) is 0 Å². The summed E-state index contributed by atoms with van der Waals surface area (Å²) in [6.07, 6.45) is 45.4. The highest BCUT2D eigenvalue weighted by Crippen LogP contribution is 2.43. The van der Waals surface area contributed by atoms with E-state index in [1.165, 1.54) is 18.9 Å². The number of unbranched alkanes of at least 4 members (excludes halogenated alkanes) is 3. The molecule has 0 saturated heterocycles. The first-order valence-electron chi connectivity index (χ1n) is 22.4. The van der Waals surface area contributed by atoms with Crippen molar-refractivity contribution < 1.29 is 71.8 Å². The zero-order valence-electron chi connectivity index (χ0n) is 38.3. The van der Waals surface area contributed by atoms with Crippen LogP contribution in [0.1, 0.15) is 117 Å². The van der Waals surface area contributed by atoms with Gasteiger partial charge in [0.25, 0.3) is 0 Å². The minimum absolute atomic E-state index is 0.00948. The summed E-state index contributed by atoms with van der Waals surface area (Å²) in [7, 11) is -9.81. The Labute approximate surface area is 387 Å². The molecule has 0 aliphatic heterocycles. The van der Waals surface area contributed by atoms with Gasteiger partial charge in [-0.15, -0.1) is 0 Å². The maximum absolute atomic E-state index is 12.7. The first-order valence-corrected chi connectivity index (χ1v) is 25.5. The average Bonchev–Trinajstić information content (AvgIpc) is 3.26. The smallest absolute Gasteiger partial charge is 0.462 e. The highest BCUT2D eigenvalue weighted by molar-refractivity contribution is 7.47. The van der Waals surface area contributed by atoms with Gasteiger partial charge in [0.2, 0.25) is 0 Å². The number of ether oxygens (including phenoxy) is 2. The summed E-state index contributed by atoms with van der Waals surface area (Å²) in [6.45, 7) is 1.19. The van der Waals surface area contributed by atoms with Gasteiger partial charge in [-0.1, -0.05) is 148 Å². The summed E-state index contributed by atoms with van der Waals surface area (Å²) < 4.78 is 47.5. The predicted molar refractivity (Wildman–Crippen MR) is 255 cm³/mol. The van der Waals surface area contributed by atoms with Crippen LogP contribution in [0.25, 0.3) is 0 Å². The van der Waals surface area contributed by atoms with Gasteiger partial charge >= 0.3 is 27.6 Å². The van der Waals surface area contributed by atoms with Crippen LogP contribution < -0.4 is 0 Å². The molecule has 0 rings (SSSR count). The van der Waals surface area contributed by atoms with Gasteiger partial charge < -0.3 is 39.5 Å². The van der Waals surface area contributed by atoms with Gasteiger partial charge in [-0.25, -0.2) is 9.13 Å². The quantitative estimate of drug-likeness (QED) is 0.0110. The number of phosphoric acid groups is 2. The fourth-order valence-electron chi connectivity index (χ4n) is 5.10. The Bertz CT molecular complexity index is 1640. The molecule has 0 aromatic heterocycles. The second-order valence-corrected chi connectivity index (χ2v) is 17.3. The standard InChI is InChI=1S/C48H76O15P2/c1-3-5-7-9-11-12-13-14-15-16-17-18-19-20-21-22-23-25-31-37-47(52)59-41-46(42-62-65(57,58)61-40-45(51)39-60-64(54,55)56)63-48(53)38-32-36-44(50)35-30-27-26-29-34-43(49)33-28-24-10-8-6-4-2/h5,7,11-12,14-15,17-18,20-21,23-30,34-35,43-46,49-51H,3-4,6,8-10,13,16,19,22,31-33,36-42H2,1-2H3,(H,57,58)(H2,54,55,56)/b7-5-,12-11-,15-14-,18-17-,21-20-,25-23-,27-26+,28-24-,34-29+,35-30-/t43-,44-,45-,46+/m0/s1. The summed E-state index contributed by atoms with van der Waals surface area (Å²) >= 11 is 0. The van der Waals surface area contributed by atoms with Crippen LogP contribution in [-0.2, 0) is 41.8 Å². The molecule has 0 aromatic rings. The topological polar surface area (TPSA) is 236 Å². The van der Waals surface area contributed by atoms with Crippen molar-refractivity contribution in [3.63, 3.8) is 0 Å². The Hall–Kier alpha value is -3.56. The number of phosphoric ester groups is 2. The molecule has 0 aliphatic carbocycles. The van der Waals surface area contributed by atoms with Crippen LogP contribution in [0, 0.1) is 0 Å². The molecule has 0 amide bonds. The van der Waals surface area contributed by atoms with Crippen molar-refractivity contribution in [1.29, 1.82) is 0 Å². The van der Waals surface area contributed by atoms with Gasteiger partial charge in [-0.2, -0.15) is 0 Å². The lowest BCUT2D eigenvalue weighted by Gasteiger charge is -2.20. The molecule has 65 heavy (non-hydrogen) atoms. The third-order valence-corrected chi connectivity index (χ3v) is 9.96. The van der Waals surface area contributed by atoms with E-state index in [0.717, 1.165) is 44.9 Å². The van der Waals surface area contributed by atoms with Gasteiger partial charge in [-0.3, -0.25) is 23.2 Å². The lowest BCUT2D eigenvalue weighted by Crippen LogP contribution is -2.30. The predicted octanol–water partition coefficient (Wildman–Crippen LogP) is 9.61. The molecule has 6 N–H and O–H groups in total. The minimum atomic E-state index is -4.91. The van der Waals surface area contributed by atoms with E-state index in [9.17, 15) is 38.9 Å².